The molecule has 0 spiro atoms. The number of amides is 1. The van der Waals surface area contributed by atoms with E-state index in [4.69, 9.17) is 22.7 Å². The van der Waals surface area contributed by atoms with Gasteiger partial charge in [-0.2, -0.15) is 0 Å². The van der Waals surface area contributed by atoms with Crippen LogP contribution < -0.4 is 10.5 Å². The number of thioether (sulfide) groups is 1. The molecule has 2 aromatic rings. The van der Waals surface area contributed by atoms with E-state index in [-0.39, 0.29) is 5.91 Å². The van der Waals surface area contributed by atoms with Gasteiger partial charge in [-0.1, -0.05) is 72.0 Å². The zero-order chi connectivity index (χ0) is 18.0. The first-order valence-electron chi connectivity index (χ1n) is 7.73. The quantitative estimate of drug-likeness (QED) is 0.654. The van der Waals surface area contributed by atoms with Crippen LogP contribution >= 0.6 is 24.0 Å². The summed E-state index contributed by atoms with van der Waals surface area (Å²) in [6.07, 6.45) is 1.19. The number of para-hydroxylation sites is 1. The summed E-state index contributed by atoms with van der Waals surface area (Å²) in [6.45, 7) is 2.00. The Morgan fingerprint density at radius 2 is 1.88 bits per heavy atom. The Balaban J connectivity index is 1.89. The second kappa shape index (κ2) is 7.39. The number of methoxy groups -OCH3 is 1. The highest BCUT2D eigenvalue weighted by Crippen LogP contribution is 2.37. The standard InChI is InChI=1S/C19H18N2O2S2/c1-12-7-9-13(10-8-12)17(20)21-18(22)16(25-19(21)24)11-14-5-3-4-6-15(14)23-2/h3-11,17H,20H2,1-2H3/b16-11-. The summed E-state index contributed by atoms with van der Waals surface area (Å²) in [7, 11) is 1.60. The van der Waals surface area contributed by atoms with Crippen molar-refractivity contribution in [3.8, 4) is 5.75 Å². The summed E-state index contributed by atoms with van der Waals surface area (Å²) < 4.78 is 5.79. The van der Waals surface area contributed by atoms with Crippen molar-refractivity contribution in [3.63, 3.8) is 0 Å². The third-order valence-corrected chi connectivity index (χ3v) is 5.28. The Bertz CT molecular complexity index is 847. The molecule has 1 fully saturated rings. The average molecular weight is 370 g/mol. The Morgan fingerprint density at radius 1 is 1.20 bits per heavy atom. The lowest BCUT2D eigenvalue weighted by Gasteiger charge is -2.23. The van der Waals surface area contributed by atoms with Gasteiger partial charge in [-0.15, -0.1) is 0 Å². The van der Waals surface area contributed by atoms with E-state index in [0.717, 1.165) is 16.7 Å². The Hall–Kier alpha value is -2.15. The monoisotopic (exact) mass is 370 g/mol. The molecule has 128 valence electrons. The molecule has 1 amide bonds. The van der Waals surface area contributed by atoms with Crippen LogP contribution in [0.5, 0.6) is 5.75 Å². The van der Waals surface area contributed by atoms with E-state index in [2.05, 4.69) is 0 Å². The van der Waals surface area contributed by atoms with Crippen LogP contribution in [0.3, 0.4) is 0 Å². The van der Waals surface area contributed by atoms with Crippen molar-refractivity contribution in [1.82, 2.24) is 4.90 Å². The summed E-state index contributed by atoms with van der Waals surface area (Å²) in [5.74, 6) is 0.518. The van der Waals surface area contributed by atoms with Crippen LogP contribution in [0.1, 0.15) is 22.9 Å². The molecule has 1 aliphatic rings. The molecule has 6 heteroatoms. The third-order valence-electron chi connectivity index (χ3n) is 3.95. The molecule has 1 unspecified atom stereocenters. The van der Waals surface area contributed by atoms with E-state index in [1.807, 2.05) is 55.5 Å². The highest BCUT2D eigenvalue weighted by molar-refractivity contribution is 8.26. The maximum Gasteiger partial charge on any atom is 0.267 e. The van der Waals surface area contributed by atoms with E-state index in [9.17, 15) is 4.79 Å². The van der Waals surface area contributed by atoms with Crippen molar-refractivity contribution < 1.29 is 9.53 Å². The lowest BCUT2D eigenvalue weighted by molar-refractivity contribution is -0.123. The van der Waals surface area contributed by atoms with Gasteiger partial charge in [-0.25, -0.2) is 0 Å². The van der Waals surface area contributed by atoms with E-state index in [1.54, 1.807) is 13.2 Å². The number of aryl methyl sites for hydroxylation is 1. The normalized spacial score (nSPS) is 17.2. The number of nitrogens with two attached hydrogens (primary N) is 1. The lowest BCUT2D eigenvalue weighted by atomic mass is 10.1. The fourth-order valence-corrected chi connectivity index (χ4v) is 3.88. The SMILES string of the molecule is COc1ccccc1/C=C1\SC(=S)N(C(N)c2ccc(C)cc2)C1=O. The van der Waals surface area contributed by atoms with Gasteiger partial charge in [0.05, 0.1) is 12.0 Å². The summed E-state index contributed by atoms with van der Waals surface area (Å²) in [6, 6.07) is 15.3. The van der Waals surface area contributed by atoms with Gasteiger partial charge in [0.15, 0.2) is 0 Å². The highest BCUT2D eigenvalue weighted by atomic mass is 32.2. The second-order valence-electron chi connectivity index (χ2n) is 5.65. The molecule has 0 aromatic heterocycles. The molecular formula is C19H18N2O2S2. The molecule has 1 heterocycles. The van der Waals surface area contributed by atoms with Gasteiger partial charge >= 0.3 is 0 Å². The number of carbonyl (C=O) groups is 1. The van der Waals surface area contributed by atoms with Crippen molar-refractivity contribution in [1.29, 1.82) is 0 Å². The molecule has 2 N–H and O–H groups in total. The van der Waals surface area contributed by atoms with Gasteiger partial charge in [0.1, 0.15) is 16.2 Å². The maximum absolute atomic E-state index is 12.8. The number of ether oxygens (including phenoxy) is 1. The third kappa shape index (κ3) is 3.61. The van der Waals surface area contributed by atoms with Gasteiger partial charge in [0.2, 0.25) is 0 Å². The van der Waals surface area contributed by atoms with Crippen LogP contribution in [0.25, 0.3) is 6.08 Å². The minimum absolute atomic E-state index is 0.186. The number of hydrogen-bond acceptors (Lipinski definition) is 5. The molecule has 3 rings (SSSR count). The number of rotatable bonds is 4. The zero-order valence-corrected chi connectivity index (χ0v) is 15.6. The van der Waals surface area contributed by atoms with Crippen molar-refractivity contribution in [2.24, 2.45) is 5.73 Å². The van der Waals surface area contributed by atoms with E-state index >= 15 is 0 Å². The van der Waals surface area contributed by atoms with Crippen molar-refractivity contribution in [3.05, 3.63) is 70.1 Å². The topological polar surface area (TPSA) is 55.6 Å². The summed E-state index contributed by atoms with van der Waals surface area (Å²) in [5.41, 5.74) is 9.11. The molecule has 0 bridgehead atoms. The largest absolute Gasteiger partial charge is 0.496 e. The first-order chi connectivity index (χ1) is 12.0. The summed E-state index contributed by atoms with van der Waals surface area (Å²) in [4.78, 5) is 14.8. The zero-order valence-electron chi connectivity index (χ0n) is 13.9. The average Bonchev–Trinajstić information content (AvgIpc) is 2.89. The van der Waals surface area contributed by atoms with E-state index in [0.29, 0.717) is 15.0 Å². The van der Waals surface area contributed by atoms with Crippen LogP contribution in [0.4, 0.5) is 0 Å². The maximum atomic E-state index is 12.8. The molecule has 0 saturated carbocycles. The molecule has 0 aliphatic carbocycles. The van der Waals surface area contributed by atoms with Gasteiger partial charge in [-0.05, 0) is 24.6 Å². The van der Waals surface area contributed by atoms with Gasteiger partial charge < -0.3 is 10.5 Å². The van der Waals surface area contributed by atoms with E-state index < -0.39 is 6.17 Å². The summed E-state index contributed by atoms with van der Waals surface area (Å²) in [5, 5.41) is 0. The summed E-state index contributed by atoms with van der Waals surface area (Å²) >= 11 is 6.65. The molecule has 25 heavy (non-hydrogen) atoms. The second-order valence-corrected chi connectivity index (χ2v) is 7.32. The fraction of sp³-hybridized carbons (Fsp3) is 0.158. The van der Waals surface area contributed by atoms with Crippen LogP contribution in [0.15, 0.2) is 53.4 Å². The number of benzene rings is 2. The van der Waals surface area contributed by atoms with E-state index in [1.165, 1.54) is 16.7 Å². The predicted octanol–water partition coefficient (Wildman–Crippen LogP) is 3.86. The number of hydrogen-bond donors (Lipinski definition) is 1. The van der Waals surface area contributed by atoms with Crippen molar-refractivity contribution in [2.45, 2.75) is 13.1 Å². The van der Waals surface area contributed by atoms with Crippen molar-refractivity contribution >= 4 is 40.3 Å². The van der Waals surface area contributed by atoms with Crippen LogP contribution in [-0.2, 0) is 4.79 Å². The minimum Gasteiger partial charge on any atom is -0.496 e. The molecular weight excluding hydrogens is 352 g/mol. The Labute approximate surface area is 156 Å². The van der Waals surface area contributed by atoms with Crippen LogP contribution in [0, 0.1) is 6.92 Å². The molecule has 0 radical (unpaired) electrons. The van der Waals surface area contributed by atoms with Crippen LogP contribution in [-0.4, -0.2) is 22.2 Å². The Kier molecular flexibility index (Phi) is 5.22. The Morgan fingerprint density at radius 3 is 2.56 bits per heavy atom. The smallest absolute Gasteiger partial charge is 0.267 e. The predicted molar refractivity (Wildman–Crippen MR) is 106 cm³/mol. The number of nitrogens with zero attached hydrogens (tertiary/aromatic N) is 1. The molecule has 4 nitrogen and oxygen atoms in total. The first-order valence-corrected chi connectivity index (χ1v) is 8.96. The van der Waals surface area contributed by atoms with Crippen molar-refractivity contribution in [2.75, 3.05) is 7.11 Å². The van der Waals surface area contributed by atoms with Crippen LogP contribution in [0.2, 0.25) is 0 Å². The number of carbonyl (C=O) groups excluding carboxylic acids is 1. The molecule has 1 saturated heterocycles. The molecule has 1 aliphatic heterocycles. The first kappa shape index (κ1) is 17.7. The van der Waals surface area contributed by atoms with Gasteiger partial charge in [0, 0.05) is 5.56 Å². The van der Waals surface area contributed by atoms with Gasteiger partial charge in [0.25, 0.3) is 5.91 Å². The lowest BCUT2D eigenvalue weighted by Crippen LogP contribution is -2.37. The molecule has 2 aromatic carbocycles. The fourth-order valence-electron chi connectivity index (χ4n) is 2.56. The highest BCUT2D eigenvalue weighted by Gasteiger charge is 2.36. The number of thiocarbonyl (C=S) groups is 1. The van der Waals surface area contributed by atoms with Gasteiger partial charge in [-0.3, -0.25) is 9.69 Å². The minimum atomic E-state index is -0.600. The molecule has 1 atom stereocenters.